The Labute approximate surface area is 115 Å². The second-order valence-corrected chi connectivity index (χ2v) is 5.73. The molecule has 0 fully saturated rings. The van der Waals surface area contributed by atoms with Gasteiger partial charge in [-0.3, -0.25) is 9.59 Å². The second kappa shape index (κ2) is 8.12. The van der Waals surface area contributed by atoms with E-state index < -0.39 is 6.04 Å². The van der Waals surface area contributed by atoms with Gasteiger partial charge in [-0.05, 0) is 11.8 Å². The van der Waals surface area contributed by atoms with E-state index in [1.165, 1.54) is 4.90 Å². The van der Waals surface area contributed by atoms with Crippen molar-refractivity contribution in [2.75, 3.05) is 33.9 Å². The van der Waals surface area contributed by atoms with E-state index in [-0.39, 0.29) is 23.8 Å². The van der Waals surface area contributed by atoms with Crippen molar-refractivity contribution in [3.05, 3.63) is 0 Å². The molecule has 6 heteroatoms. The standard InChI is InChI=1S/C13H27N3O3/c1-13(2,3)11(14)12(18)16(4)9-10(17)15-7-6-8-19-5/h11H,6-9,14H2,1-5H3,(H,15,17)/t11-/m1/s1. The third kappa shape index (κ3) is 7.12. The number of hydrogen-bond acceptors (Lipinski definition) is 4. The summed E-state index contributed by atoms with van der Waals surface area (Å²) in [5.74, 6) is -0.410. The molecule has 0 bridgehead atoms. The second-order valence-electron chi connectivity index (χ2n) is 5.73. The first-order valence-electron chi connectivity index (χ1n) is 6.46. The molecule has 0 saturated carbocycles. The number of ether oxygens (including phenoxy) is 1. The van der Waals surface area contributed by atoms with E-state index in [9.17, 15) is 9.59 Å². The van der Waals surface area contributed by atoms with Crippen LogP contribution in [0.1, 0.15) is 27.2 Å². The summed E-state index contributed by atoms with van der Waals surface area (Å²) in [4.78, 5) is 25.0. The van der Waals surface area contributed by atoms with Crippen molar-refractivity contribution in [1.82, 2.24) is 10.2 Å². The lowest BCUT2D eigenvalue weighted by molar-refractivity contribution is -0.137. The molecule has 0 spiro atoms. The highest BCUT2D eigenvalue weighted by atomic mass is 16.5. The van der Waals surface area contributed by atoms with Gasteiger partial charge in [0.05, 0.1) is 12.6 Å². The first-order valence-corrected chi connectivity index (χ1v) is 6.46. The Bertz CT molecular complexity index is 300. The quantitative estimate of drug-likeness (QED) is 0.638. The third-order valence-electron chi connectivity index (χ3n) is 2.80. The molecular formula is C13H27N3O3. The molecule has 0 rings (SSSR count). The summed E-state index contributed by atoms with van der Waals surface area (Å²) in [5.41, 5.74) is 5.55. The number of rotatable bonds is 7. The minimum absolute atomic E-state index is 0.0234. The lowest BCUT2D eigenvalue weighted by Crippen LogP contribution is -2.51. The molecule has 0 aromatic rings. The van der Waals surface area contributed by atoms with E-state index >= 15 is 0 Å². The number of amides is 2. The fraction of sp³-hybridized carbons (Fsp3) is 0.846. The number of methoxy groups -OCH3 is 1. The summed E-state index contributed by atoms with van der Waals surface area (Å²) in [5, 5.41) is 2.73. The lowest BCUT2D eigenvalue weighted by atomic mass is 9.86. The van der Waals surface area contributed by atoms with E-state index in [0.29, 0.717) is 13.2 Å². The van der Waals surface area contributed by atoms with Gasteiger partial charge in [0.2, 0.25) is 11.8 Å². The molecule has 6 nitrogen and oxygen atoms in total. The summed E-state index contributed by atoms with van der Waals surface area (Å²) < 4.78 is 4.88. The number of nitrogens with two attached hydrogens (primary N) is 1. The first-order chi connectivity index (χ1) is 8.70. The SMILES string of the molecule is COCCCNC(=O)CN(C)C(=O)[C@@H](N)C(C)(C)C. The van der Waals surface area contributed by atoms with E-state index in [4.69, 9.17) is 10.5 Å². The molecule has 19 heavy (non-hydrogen) atoms. The highest BCUT2D eigenvalue weighted by Gasteiger charge is 2.30. The fourth-order valence-electron chi connectivity index (χ4n) is 1.40. The van der Waals surface area contributed by atoms with Gasteiger partial charge < -0.3 is 20.7 Å². The maximum Gasteiger partial charge on any atom is 0.240 e. The molecule has 0 aliphatic carbocycles. The average molecular weight is 273 g/mol. The molecule has 0 radical (unpaired) electrons. The minimum atomic E-state index is -0.612. The summed E-state index contributed by atoms with van der Waals surface area (Å²) in [6.45, 7) is 6.86. The Kier molecular flexibility index (Phi) is 7.63. The number of hydrogen-bond donors (Lipinski definition) is 2. The van der Waals surface area contributed by atoms with Gasteiger partial charge in [0.15, 0.2) is 0 Å². The number of carbonyl (C=O) groups is 2. The maximum absolute atomic E-state index is 12.0. The number of nitrogens with zero attached hydrogens (tertiary/aromatic N) is 1. The molecule has 0 aromatic heterocycles. The van der Waals surface area contributed by atoms with Crippen LogP contribution in [0, 0.1) is 5.41 Å². The van der Waals surface area contributed by atoms with Crippen LogP contribution in [0.5, 0.6) is 0 Å². The van der Waals surface area contributed by atoms with E-state index in [1.807, 2.05) is 20.8 Å². The van der Waals surface area contributed by atoms with Crippen LogP contribution in [0.25, 0.3) is 0 Å². The van der Waals surface area contributed by atoms with Crippen molar-refractivity contribution >= 4 is 11.8 Å². The van der Waals surface area contributed by atoms with Gasteiger partial charge in [-0.25, -0.2) is 0 Å². The molecule has 0 heterocycles. The zero-order valence-electron chi connectivity index (χ0n) is 12.7. The molecule has 0 aliphatic heterocycles. The van der Waals surface area contributed by atoms with E-state index in [1.54, 1.807) is 14.2 Å². The predicted octanol–water partition coefficient (Wildman–Crippen LogP) is -0.0291. The van der Waals surface area contributed by atoms with Crippen LogP contribution in [0.4, 0.5) is 0 Å². The van der Waals surface area contributed by atoms with Crippen LogP contribution in [0.15, 0.2) is 0 Å². The van der Waals surface area contributed by atoms with Crippen molar-refractivity contribution in [3.8, 4) is 0 Å². The summed E-state index contributed by atoms with van der Waals surface area (Å²) in [6.07, 6.45) is 0.751. The summed E-state index contributed by atoms with van der Waals surface area (Å²) >= 11 is 0. The Morgan fingerprint density at radius 1 is 1.37 bits per heavy atom. The highest BCUT2D eigenvalue weighted by Crippen LogP contribution is 2.18. The topological polar surface area (TPSA) is 84.7 Å². The van der Waals surface area contributed by atoms with Crippen LogP contribution in [-0.2, 0) is 14.3 Å². The van der Waals surface area contributed by atoms with Gasteiger partial charge in [0, 0.05) is 27.3 Å². The van der Waals surface area contributed by atoms with Crippen molar-refractivity contribution in [3.63, 3.8) is 0 Å². The van der Waals surface area contributed by atoms with Crippen LogP contribution in [-0.4, -0.2) is 56.6 Å². The Balaban J connectivity index is 4.12. The lowest BCUT2D eigenvalue weighted by Gasteiger charge is -2.29. The van der Waals surface area contributed by atoms with Crippen molar-refractivity contribution in [1.29, 1.82) is 0 Å². The third-order valence-corrected chi connectivity index (χ3v) is 2.80. The van der Waals surface area contributed by atoms with E-state index in [0.717, 1.165) is 6.42 Å². The zero-order valence-corrected chi connectivity index (χ0v) is 12.7. The average Bonchev–Trinajstić information content (AvgIpc) is 2.31. The van der Waals surface area contributed by atoms with Crippen molar-refractivity contribution < 1.29 is 14.3 Å². The van der Waals surface area contributed by atoms with Crippen LogP contribution >= 0.6 is 0 Å². The molecule has 1 atom stereocenters. The predicted molar refractivity (Wildman–Crippen MR) is 74.6 cm³/mol. The molecule has 2 amide bonds. The van der Waals surface area contributed by atoms with Crippen LogP contribution in [0.3, 0.4) is 0 Å². The number of likely N-dealkylation sites (N-methyl/N-ethyl adjacent to an activating group) is 1. The molecule has 0 aliphatic rings. The normalized spacial score (nSPS) is 12.9. The molecule has 112 valence electrons. The Morgan fingerprint density at radius 3 is 2.42 bits per heavy atom. The maximum atomic E-state index is 12.0. The fourth-order valence-corrected chi connectivity index (χ4v) is 1.40. The van der Waals surface area contributed by atoms with Gasteiger partial charge in [0.25, 0.3) is 0 Å². The number of nitrogens with one attached hydrogen (secondary N) is 1. The minimum Gasteiger partial charge on any atom is -0.385 e. The van der Waals surface area contributed by atoms with Gasteiger partial charge in [-0.2, -0.15) is 0 Å². The molecule has 0 unspecified atom stereocenters. The highest BCUT2D eigenvalue weighted by molar-refractivity contribution is 5.87. The van der Waals surface area contributed by atoms with Crippen molar-refractivity contribution in [2.24, 2.45) is 11.1 Å². The van der Waals surface area contributed by atoms with Gasteiger partial charge in [-0.15, -0.1) is 0 Å². The van der Waals surface area contributed by atoms with Gasteiger partial charge >= 0.3 is 0 Å². The molecule has 3 N–H and O–H groups in total. The molecular weight excluding hydrogens is 246 g/mol. The van der Waals surface area contributed by atoms with Crippen LogP contribution in [0.2, 0.25) is 0 Å². The summed E-state index contributed by atoms with van der Waals surface area (Å²) in [7, 11) is 3.20. The Morgan fingerprint density at radius 2 is 1.95 bits per heavy atom. The zero-order chi connectivity index (χ0) is 15.1. The smallest absolute Gasteiger partial charge is 0.240 e. The largest absolute Gasteiger partial charge is 0.385 e. The number of carbonyl (C=O) groups excluding carboxylic acids is 2. The molecule has 0 aromatic carbocycles. The van der Waals surface area contributed by atoms with Crippen LogP contribution < -0.4 is 11.1 Å². The first kappa shape index (κ1) is 17.9. The van der Waals surface area contributed by atoms with Gasteiger partial charge in [0.1, 0.15) is 0 Å². The summed E-state index contributed by atoms with van der Waals surface area (Å²) in [6, 6.07) is -0.612. The van der Waals surface area contributed by atoms with Crippen molar-refractivity contribution in [2.45, 2.75) is 33.2 Å². The monoisotopic (exact) mass is 273 g/mol. The Hall–Kier alpha value is -1.14. The molecule has 0 saturated heterocycles. The van der Waals surface area contributed by atoms with E-state index in [2.05, 4.69) is 5.32 Å². The van der Waals surface area contributed by atoms with Gasteiger partial charge in [-0.1, -0.05) is 20.8 Å².